The fraction of sp³-hybridized carbons (Fsp3) is 0.417. The van der Waals surface area contributed by atoms with E-state index in [1.54, 1.807) is 0 Å². The lowest BCUT2D eigenvalue weighted by Crippen LogP contribution is -2.43. The van der Waals surface area contributed by atoms with Crippen molar-refractivity contribution in [2.75, 3.05) is 17.8 Å². The third kappa shape index (κ3) is 3.68. The summed E-state index contributed by atoms with van der Waals surface area (Å²) in [5.74, 6) is -1.27. The van der Waals surface area contributed by atoms with E-state index in [1.165, 1.54) is 22.6 Å². The van der Waals surface area contributed by atoms with Gasteiger partial charge >= 0.3 is 16.2 Å². The Bertz CT molecular complexity index is 657. The molecule has 0 unspecified atom stereocenters. The Morgan fingerprint density at radius 2 is 2.10 bits per heavy atom. The van der Waals surface area contributed by atoms with Crippen LogP contribution in [0.25, 0.3) is 0 Å². The van der Waals surface area contributed by atoms with Crippen LogP contribution in [0.4, 0.5) is 5.82 Å². The molecule has 0 bridgehead atoms. The van der Waals surface area contributed by atoms with E-state index in [9.17, 15) is 13.2 Å². The summed E-state index contributed by atoms with van der Waals surface area (Å²) in [6, 6.07) is 4.75. The lowest BCUT2D eigenvalue weighted by atomic mass is 9.99. The van der Waals surface area contributed by atoms with E-state index in [0.717, 1.165) is 0 Å². The first-order chi connectivity index (χ1) is 9.92. The molecular formula is C12H14N4O4S. The van der Waals surface area contributed by atoms with Gasteiger partial charge in [-0.05, 0) is 25.0 Å². The lowest BCUT2D eigenvalue weighted by Gasteiger charge is -2.29. The van der Waals surface area contributed by atoms with E-state index in [-0.39, 0.29) is 31.7 Å². The number of aliphatic carboxylic acids is 1. The molecule has 1 aliphatic heterocycles. The Kier molecular flexibility index (Phi) is 4.40. The second kappa shape index (κ2) is 6.07. The van der Waals surface area contributed by atoms with Crippen molar-refractivity contribution >= 4 is 22.0 Å². The predicted octanol–water partition coefficient (Wildman–Crippen LogP) is 0.407. The quantitative estimate of drug-likeness (QED) is 0.830. The van der Waals surface area contributed by atoms with Gasteiger partial charge in [0.2, 0.25) is 0 Å². The number of nitrogens with zero attached hydrogens (tertiary/aromatic N) is 3. The number of nitrogens with one attached hydrogen (secondary N) is 1. The fourth-order valence-corrected chi connectivity index (χ4v) is 3.27. The zero-order valence-electron chi connectivity index (χ0n) is 11.1. The van der Waals surface area contributed by atoms with Gasteiger partial charge in [0.05, 0.1) is 11.5 Å². The van der Waals surface area contributed by atoms with Crippen LogP contribution in [0.5, 0.6) is 0 Å². The molecule has 2 heterocycles. The van der Waals surface area contributed by atoms with Crippen LogP contribution in [0.3, 0.4) is 0 Å². The van der Waals surface area contributed by atoms with Crippen LogP contribution in [0, 0.1) is 17.2 Å². The van der Waals surface area contributed by atoms with Crippen LogP contribution >= 0.6 is 0 Å². The van der Waals surface area contributed by atoms with E-state index < -0.39 is 22.1 Å². The summed E-state index contributed by atoms with van der Waals surface area (Å²) < 4.78 is 27.8. The molecule has 2 rings (SSSR count). The number of piperidine rings is 1. The fourth-order valence-electron chi connectivity index (χ4n) is 2.06. The van der Waals surface area contributed by atoms with E-state index in [0.29, 0.717) is 5.56 Å². The molecule has 2 N–H and O–H groups in total. The van der Waals surface area contributed by atoms with Gasteiger partial charge in [-0.2, -0.15) is 18.0 Å². The Labute approximate surface area is 122 Å². The van der Waals surface area contributed by atoms with Crippen LogP contribution in [0.2, 0.25) is 0 Å². The van der Waals surface area contributed by atoms with Crippen molar-refractivity contribution < 1.29 is 18.3 Å². The molecule has 8 nitrogen and oxygen atoms in total. The van der Waals surface area contributed by atoms with Crippen LogP contribution in [-0.4, -0.2) is 41.9 Å². The minimum absolute atomic E-state index is 0.120. The Morgan fingerprint density at radius 1 is 1.43 bits per heavy atom. The molecule has 112 valence electrons. The third-order valence-corrected chi connectivity index (χ3v) is 4.78. The van der Waals surface area contributed by atoms with Crippen molar-refractivity contribution in [1.82, 2.24) is 9.29 Å². The maximum Gasteiger partial charge on any atom is 0.306 e. The lowest BCUT2D eigenvalue weighted by molar-refractivity contribution is -0.142. The summed E-state index contributed by atoms with van der Waals surface area (Å²) in [6.45, 7) is 0.311. The van der Waals surface area contributed by atoms with Gasteiger partial charge in [0, 0.05) is 19.3 Å². The molecule has 0 atom stereocenters. The van der Waals surface area contributed by atoms with Gasteiger partial charge in [-0.3, -0.25) is 9.52 Å². The minimum atomic E-state index is -3.76. The predicted molar refractivity (Wildman–Crippen MR) is 73.4 cm³/mol. The van der Waals surface area contributed by atoms with Crippen molar-refractivity contribution in [3.63, 3.8) is 0 Å². The maximum absolute atomic E-state index is 12.1. The second-order valence-corrected chi connectivity index (χ2v) is 6.33. The molecule has 0 saturated carbocycles. The van der Waals surface area contributed by atoms with E-state index in [2.05, 4.69) is 9.71 Å². The average molecular weight is 310 g/mol. The Morgan fingerprint density at radius 3 is 2.57 bits per heavy atom. The molecule has 1 aromatic rings. The van der Waals surface area contributed by atoms with Gasteiger partial charge in [0.15, 0.2) is 0 Å². The summed E-state index contributed by atoms with van der Waals surface area (Å²) in [5, 5.41) is 17.5. The van der Waals surface area contributed by atoms with Crippen molar-refractivity contribution in [3.05, 3.63) is 23.9 Å². The maximum atomic E-state index is 12.1. The molecule has 9 heteroatoms. The number of pyridine rings is 1. The molecule has 0 amide bonds. The zero-order chi connectivity index (χ0) is 15.5. The standard InChI is InChI=1S/C12H14N4O4S/c13-7-9-1-2-11(14-8-9)15-21(19,20)16-5-3-10(4-6-16)12(17)18/h1-2,8,10H,3-6H2,(H,14,15)(H,17,18). The largest absolute Gasteiger partial charge is 0.481 e. The van der Waals surface area contributed by atoms with E-state index >= 15 is 0 Å². The number of hydrogen-bond acceptors (Lipinski definition) is 5. The second-order valence-electron chi connectivity index (χ2n) is 4.66. The molecule has 0 aliphatic carbocycles. The molecule has 1 saturated heterocycles. The zero-order valence-corrected chi connectivity index (χ0v) is 11.9. The van der Waals surface area contributed by atoms with Crippen LogP contribution in [0.1, 0.15) is 18.4 Å². The molecule has 21 heavy (non-hydrogen) atoms. The first-order valence-electron chi connectivity index (χ1n) is 6.29. The van der Waals surface area contributed by atoms with E-state index in [1.807, 2.05) is 6.07 Å². The number of carboxylic acids is 1. The van der Waals surface area contributed by atoms with Gasteiger partial charge in [-0.25, -0.2) is 4.98 Å². The van der Waals surface area contributed by atoms with Gasteiger partial charge in [0.25, 0.3) is 0 Å². The van der Waals surface area contributed by atoms with Gasteiger partial charge in [-0.1, -0.05) is 0 Å². The smallest absolute Gasteiger partial charge is 0.306 e. The van der Waals surface area contributed by atoms with E-state index in [4.69, 9.17) is 10.4 Å². The highest BCUT2D eigenvalue weighted by Crippen LogP contribution is 2.20. The van der Waals surface area contributed by atoms with Crippen molar-refractivity contribution in [2.24, 2.45) is 5.92 Å². The summed E-state index contributed by atoms with van der Waals surface area (Å²) in [6.07, 6.45) is 1.85. The van der Waals surface area contributed by atoms with Crippen LogP contribution in [0.15, 0.2) is 18.3 Å². The molecule has 0 spiro atoms. The molecule has 1 aromatic heterocycles. The van der Waals surface area contributed by atoms with Gasteiger partial charge in [-0.15, -0.1) is 0 Å². The number of anilines is 1. The summed E-state index contributed by atoms with van der Waals surface area (Å²) in [5.41, 5.74) is 0.334. The first-order valence-corrected chi connectivity index (χ1v) is 7.73. The van der Waals surface area contributed by atoms with Crippen molar-refractivity contribution in [3.8, 4) is 6.07 Å². The third-order valence-electron chi connectivity index (χ3n) is 3.27. The number of rotatable bonds is 4. The number of aromatic nitrogens is 1. The first kappa shape index (κ1) is 15.2. The molecular weight excluding hydrogens is 296 g/mol. The topological polar surface area (TPSA) is 123 Å². The molecule has 0 radical (unpaired) electrons. The number of nitriles is 1. The van der Waals surface area contributed by atoms with Gasteiger partial charge < -0.3 is 5.11 Å². The highest BCUT2D eigenvalue weighted by atomic mass is 32.2. The summed E-state index contributed by atoms with van der Waals surface area (Å²) >= 11 is 0. The number of carboxylic acid groups (broad SMARTS) is 1. The Balaban J connectivity index is 2.02. The Hall–Kier alpha value is -2.18. The van der Waals surface area contributed by atoms with Crippen molar-refractivity contribution in [2.45, 2.75) is 12.8 Å². The summed E-state index contributed by atoms with van der Waals surface area (Å²) in [7, 11) is -3.76. The van der Waals surface area contributed by atoms with Crippen molar-refractivity contribution in [1.29, 1.82) is 5.26 Å². The number of carbonyl (C=O) groups is 1. The highest BCUT2D eigenvalue weighted by molar-refractivity contribution is 7.90. The summed E-state index contributed by atoms with van der Waals surface area (Å²) in [4.78, 5) is 14.7. The molecule has 0 aromatic carbocycles. The van der Waals surface area contributed by atoms with Gasteiger partial charge in [0.1, 0.15) is 11.9 Å². The minimum Gasteiger partial charge on any atom is -0.481 e. The average Bonchev–Trinajstić information content (AvgIpc) is 2.48. The molecule has 1 fully saturated rings. The number of hydrogen-bond donors (Lipinski definition) is 2. The van der Waals surface area contributed by atoms with Crippen LogP contribution < -0.4 is 4.72 Å². The SMILES string of the molecule is N#Cc1ccc(NS(=O)(=O)N2CCC(C(=O)O)CC2)nc1. The molecule has 1 aliphatic rings. The highest BCUT2D eigenvalue weighted by Gasteiger charge is 2.31. The monoisotopic (exact) mass is 310 g/mol. The normalized spacial score (nSPS) is 17.1. The van der Waals surface area contributed by atoms with Crippen LogP contribution in [-0.2, 0) is 15.0 Å².